The van der Waals surface area contributed by atoms with Crippen LogP contribution in [-0.2, 0) is 37.1 Å². The van der Waals surface area contributed by atoms with Crippen LogP contribution >= 0.6 is 9.90 Å². The van der Waals surface area contributed by atoms with E-state index in [9.17, 15) is 0 Å². The molecule has 0 fully saturated rings. The molecule has 0 heterocycles. The van der Waals surface area contributed by atoms with E-state index in [0.29, 0.717) is 0 Å². The van der Waals surface area contributed by atoms with Crippen molar-refractivity contribution in [2.24, 2.45) is 0 Å². The first kappa shape index (κ1) is 46.3. The van der Waals surface area contributed by atoms with Crippen molar-refractivity contribution in [1.29, 1.82) is 0 Å². The predicted octanol–water partition coefficient (Wildman–Crippen LogP) is 0.689. The van der Waals surface area contributed by atoms with Gasteiger partial charge in [0.25, 0.3) is 0 Å². The fourth-order valence-corrected chi connectivity index (χ4v) is 0. The van der Waals surface area contributed by atoms with Crippen molar-refractivity contribution in [3.63, 3.8) is 0 Å². The molecule has 4 heavy (non-hydrogen) atoms. The molecule has 0 aromatic rings. The molecule has 0 rings (SSSR count). The summed E-state index contributed by atoms with van der Waals surface area (Å²) in [6.07, 6.45) is 0. The van der Waals surface area contributed by atoms with E-state index < -0.39 is 0 Å². The summed E-state index contributed by atoms with van der Waals surface area (Å²) in [7, 11) is 0. The predicted molar refractivity (Wildman–Crippen MR) is 17.8 cm³/mol. The Labute approximate surface area is 54.5 Å². The molecular weight excluding hydrogens is 145 g/mol. The van der Waals surface area contributed by atoms with E-state index in [-0.39, 0.29) is 54.4 Å². The molecule has 0 bridgehead atoms. The molecule has 0 aromatic carbocycles. The fourth-order valence-electron chi connectivity index (χ4n) is 0. The van der Waals surface area contributed by atoms with Crippen LogP contribution in [0.1, 0.15) is 7.43 Å². The number of hydrogen-bond acceptors (Lipinski definition) is 0. The quantitative estimate of drug-likeness (QED) is 0.448. The molecule has 2 radical (unpaired) electrons. The first-order chi connectivity index (χ1) is 0. The topological polar surface area (TPSA) is 0 Å². The van der Waals surface area contributed by atoms with Crippen LogP contribution in [0.4, 0.5) is 0 Å². The summed E-state index contributed by atoms with van der Waals surface area (Å²) in [5.41, 5.74) is 0. The third-order valence-electron chi connectivity index (χ3n) is 0. The van der Waals surface area contributed by atoms with Crippen LogP contribution in [0.25, 0.3) is 0 Å². The van der Waals surface area contributed by atoms with Crippen LogP contribution in [0.2, 0.25) is 0 Å². The number of rotatable bonds is 0. The Bertz CT molecular complexity index is 6.00. The van der Waals surface area contributed by atoms with Crippen LogP contribution < -0.4 is 0 Å². The Kier molecular flexibility index (Phi) is 270. The maximum absolute atomic E-state index is 0. The maximum Gasteiger partial charge on any atom is 0 e. The summed E-state index contributed by atoms with van der Waals surface area (Å²) in [6, 6.07) is 0. The Morgan fingerprint density at radius 3 is 0.750 bits per heavy atom. The van der Waals surface area contributed by atoms with Crippen LogP contribution in [0.3, 0.4) is 0 Å². The van der Waals surface area contributed by atoms with Gasteiger partial charge in [-0.05, 0) is 0 Å². The third-order valence-corrected chi connectivity index (χ3v) is 0. The second-order valence-electron chi connectivity index (χ2n) is 0. The van der Waals surface area contributed by atoms with Gasteiger partial charge in [-0.3, -0.25) is 0 Å². The molecule has 0 amide bonds. The molecule has 0 nitrogen and oxygen atoms in total. The largest absolute Gasteiger partial charge is 0.153 e. The molecule has 26 valence electrons. The molecule has 3 heteroatoms. The normalized spacial score (nSPS) is 0. The molecule has 0 N–H and O–H groups in total. The minimum absolute atomic E-state index is 0. The van der Waals surface area contributed by atoms with Crippen LogP contribution in [0.5, 0.6) is 0 Å². The first-order valence-corrected chi connectivity index (χ1v) is 0. The van der Waals surface area contributed by atoms with Crippen molar-refractivity contribution in [3.05, 3.63) is 0 Å². The molecule has 0 spiro atoms. The Balaban J connectivity index is 0. The van der Waals surface area contributed by atoms with Gasteiger partial charge >= 0.3 is 0 Å². The molecule has 0 saturated carbocycles. The van der Waals surface area contributed by atoms with E-state index in [1.165, 1.54) is 0 Å². The van der Waals surface area contributed by atoms with Gasteiger partial charge in [-0.1, -0.05) is 7.43 Å². The molecule has 0 aromatic heterocycles. The van der Waals surface area contributed by atoms with Crippen molar-refractivity contribution >= 4 is 9.90 Å². The van der Waals surface area contributed by atoms with E-state index in [1.54, 1.807) is 0 Å². The number of hydrogen-bond donors (Lipinski definition) is 0. The summed E-state index contributed by atoms with van der Waals surface area (Å²) in [5.74, 6) is 0. The Morgan fingerprint density at radius 1 is 0.750 bits per heavy atom. The van der Waals surface area contributed by atoms with Gasteiger partial charge in [0.1, 0.15) is 0 Å². The van der Waals surface area contributed by atoms with E-state index in [4.69, 9.17) is 0 Å². The molecule has 0 aliphatic rings. The second-order valence-corrected chi connectivity index (χ2v) is 0. The SMILES string of the molecule is C.P.[V].[V]. The van der Waals surface area contributed by atoms with Gasteiger partial charge < -0.3 is 0 Å². The zero-order chi connectivity index (χ0) is 0. The van der Waals surface area contributed by atoms with Gasteiger partial charge in [-0.15, -0.1) is 0 Å². The van der Waals surface area contributed by atoms with Gasteiger partial charge in [0.2, 0.25) is 0 Å². The van der Waals surface area contributed by atoms with Gasteiger partial charge in [0, 0.05) is 37.1 Å². The smallest absolute Gasteiger partial charge is 0 e. The fraction of sp³-hybridized carbons (Fsp3) is 1.00. The summed E-state index contributed by atoms with van der Waals surface area (Å²) in [6.45, 7) is 0. The average molecular weight is 152 g/mol. The Morgan fingerprint density at radius 2 is 0.750 bits per heavy atom. The van der Waals surface area contributed by atoms with Crippen molar-refractivity contribution in [1.82, 2.24) is 0 Å². The molecule has 1 unspecified atom stereocenters. The minimum Gasteiger partial charge on any atom is -0.153 e. The summed E-state index contributed by atoms with van der Waals surface area (Å²) < 4.78 is 0. The van der Waals surface area contributed by atoms with Crippen LogP contribution in [0.15, 0.2) is 0 Å². The summed E-state index contributed by atoms with van der Waals surface area (Å²) in [4.78, 5) is 0. The average Bonchev–Trinajstić information content (AvgIpc) is 0. The van der Waals surface area contributed by atoms with Gasteiger partial charge in [0.15, 0.2) is 0 Å². The molecular formula is CH7PV2. The zero-order valence-electron chi connectivity index (χ0n) is 1.60. The van der Waals surface area contributed by atoms with Gasteiger partial charge in [-0.2, -0.15) is 9.90 Å². The molecule has 1 atom stereocenters. The van der Waals surface area contributed by atoms with Crippen molar-refractivity contribution < 1.29 is 37.1 Å². The van der Waals surface area contributed by atoms with E-state index in [0.717, 1.165) is 0 Å². The molecule has 0 saturated heterocycles. The van der Waals surface area contributed by atoms with E-state index in [1.807, 2.05) is 0 Å². The van der Waals surface area contributed by atoms with Crippen LogP contribution in [0, 0.1) is 0 Å². The van der Waals surface area contributed by atoms with E-state index in [2.05, 4.69) is 0 Å². The minimum atomic E-state index is 0. The van der Waals surface area contributed by atoms with Crippen molar-refractivity contribution in [2.75, 3.05) is 0 Å². The summed E-state index contributed by atoms with van der Waals surface area (Å²) >= 11 is 0. The molecule has 0 aliphatic heterocycles. The standard InChI is InChI=1S/CH4.H3P.2V/h1H4;1H3;;. The van der Waals surface area contributed by atoms with Gasteiger partial charge in [0.05, 0.1) is 0 Å². The second kappa shape index (κ2) is 23.3. The van der Waals surface area contributed by atoms with Crippen LogP contribution in [-0.4, -0.2) is 0 Å². The first-order valence-electron chi connectivity index (χ1n) is 0. The van der Waals surface area contributed by atoms with E-state index >= 15 is 0 Å². The van der Waals surface area contributed by atoms with Crippen molar-refractivity contribution in [2.45, 2.75) is 7.43 Å². The summed E-state index contributed by atoms with van der Waals surface area (Å²) in [5, 5.41) is 0. The monoisotopic (exact) mass is 152 g/mol. The molecule has 0 aliphatic carbocycles. The van der Waals surface area contributed by atoms with Crippen molar-refractivity contribution in [3.8, 4) is 0 Å². The zero-order valence-corrected chi connectivity index (χ0v) is 5.81. The maximum atomic E-state index is 0. The third kappa shape index (κ3) is 9.51. The van der Waals surface area contributed by atoms with Gasteiger partial charge in [-0.25, -0.2) is 0 Å². The Hall–Kier alpha value is 1.60.